The fraction of sp³-hybridized carbons (Fsp3) is 0.188. The number of phenolic OH excluding ortho intramolecular Hbond substituents is 1. The summed E-state index contributed by atoms with van der Waals surface area (Å²) >= 11 is 5.92. The summed E-state index contributed by atoms with van der Waals surface area (Å²) in [6.45, 7) is 0.418. The van der Waals surface area contributed by atoms with Crippen LogP contribution in [0.5, 0.6) is 5.75 Å². The van der Waals surface area contributed by atoms with E-state index >= 15 is 0 Å². The minimum atomic E-state index is -0.294. The summed E-state index contributed by atoms with van der Waals surface area (Å²) in [5.74, 6) is -0.376. The highest BCUT2D eigenvalue weighted by Gasteiger charge is 2.28. The third-order valence-electron chi connectivity index (χ3n) is 3.62. The van der Waals surface area contributed by atoms with Gasteiger partial charge in [-0.2, -0.15) is 0 Å². The fourth-order valence-corrected chi connectivity index (χ4v) is 2.82. The molecule has 0 bridgehead atoms. The monoisotopic (exact) mass is 302 g/mol. The molecule has 1 atom stereocenters. The summed E-state index contributed by atoms with van der Waals surface area (Å²) in [5, 5.41) is 10.3. The van der Waals surface area contributed by atoms with Gasteiger partial charge in [0, 0.05) is 23.3 Å². The van der Waals surface area contributed by atoms with Gasteiger partial charge in [-0.25, -0.2) is 0 Å². The van der Waals surface area contributed by atoms with E-state index in [1.807, 2.05) is 24.3 Å². The Morgan fingerprint density at radius 2 is 2.05 bits per heavy atom. The minimum Gasteiger partial charge on any atom is -0.507 e. The summed E-state index contributed by atoms with van der Waals surface area (Å²) in [5.41, 5.74) is 8.10. The molecular formula is C16H15ClN2O2. The van der Waals surface area contributed by atoms with Gasteiger partial charge in [0.2, 0.25) is 0 Å². The largest absolute Gasteiger partial charge is 0.507 e. The van der Waals surface area contributed by atoms with Gasteiger partial charge in [0.05, 0.1) is 5.56 Å². The molecule has 0 saturated heterocycles. The summed E-state index contributed by atoms with van der Waals surface area (Å²) < 4.78 is 0. The van der Waals surface area contributed by atoms with Crippen molar-refractivity contribution in [1.82, 2.24) is 0 Å². The number of rotatable bonds is 1. The number of benzene rings is 2. The molecule has 1 heterocycles. The number of amides is 1. The van der Waals surface area contributed by atoms with E-state index in [0.29, 0.717) is 11.6 Å². The highest BCUT2D eigenvalue weighted by molar-refractivity contribution is 6.31. The lowest BCUT2D eigenvalue weighted by atomic mass is 9.97. The number of hydrogen-bond acceptors (Lipinski definition) is 3. The van der Waals surface area contributed by atoms with Crippen molar-refractivity contribution in [3.05, 3.63) is 58.6 Å². The molecule has 1 aliphatic heterocycles. The third kappa shape index (κ3) is 2.60. The third-order valence-corrected chi connectivity index (χ3v) is 3.85. The van der Waals surface area contributed by atoms with E-state index in [1.54, 1.807) is 11.0 Å². The number of halogens is 1. The van der Waals surface area contributed by atoms with E-state index in [4.69, 9.17) is 17.3 Å². The van der Waals surface area contributed by atoms with Gasteiger partial charge in [0.1, 0.15) is 5.75 Å². The van der Waals surface area contributed by atoms with Gasteiger partial charge >= 0.3 is 0 Å². The lowest BCUT2D eigenvalue weighted by molar-refractivity contribution is 0.0981. The number of fused-ring (bicyclic) bond motifs is 1. The van der Waals surface area contributed by atoms with E-state index in [-0.39, 0.29) is 23.3 Å². The molecule has 0 aliphatic carbocycles. The number of para-hydroxylation sites is 1. The van der Waals surface area contributed by atoms with Gasteiger partial charge in [0.25, 0.3) is 5.91 Å². The smallest absolute Gasteiger partial charge is 0.262 e. The molecule has 0 radical (unpaired) electrons. The van der Waals surface area contributed by atoms with Crippen LogP contribution in [0.1, 0.15) is 15.9 Å². The molecule has 1 amide bonds. The van der Waals surface area contributed by atoms with E-state index < -0.39 is 0 Å². The molecule has 2 aromatic carbocycles. The number of aromatic hydroxyl groups is 1. The van der Waals surface area contributed by atoms with E-state index in [1.165, 1.54) is 12.1 Å². The maximum absolute atomic E-state index is 12.7. The molecule has 21 heavy (non-hydrogen) atoms. The van der Waals surface area contributed by atoms with Crippen LogP contribution < -0.4 is 10.6 Å². The van der Waals surface area contributed by atoms with Crippen LogP contribution in [0.2, 0.25) is 5.02 Å². The van der Waals surface area contributed by atoms with Crippen LogP contribution in [-0.4, -0.2) is 23.6 Å². The molecule has 0 saturated carbocycles. The van der Waals surface area contributed by atoms with E-state index in [2.05, 4.69) is 0 Å². The quantitative estimate of drug-likeness (QED) is 0.851. The molecule has 0 spiro atoms. The van der Waals surface area contributed by atoms with E-state index in [0.717, 1.165) is 17.7 Å². The molecular weight excluding hydrogens is 288 g/mol. The zero-order valence-electron chi connectivity index (χ0n) is 11.3. The second kappa shape index (κ2) is 5.39. The Kier molecular flexibility index (Phi) is 3.57. The fourth-order valence-electron chi connectivity index (χ4n) is 2.64. The van der Waals surface area contributed by atoms with Crippen LogP contribution in [0.25, 0.3) is 0 Å². The van der Waals surface area contributed by atoms with Crippen LogP contribution in [0.15, 0.2) is 42.5 Å². The lowest BCUT2D eigenvalue weighted by Gasteiger charge is -2.33. The number of carbonyl (C=O) groups excluding carboxylic acids is 1. The normalized spacial score (nSPS) is 17.4. The SMILES string of the molecule is NC1Cc2ccccc2N(C(=O)c2cc(Cl)ccc2O)C1. The summed E-state index contributed by atoms with van der Waals surface area (Å²) in [6, 6.07) is 12.0. The lowest BCUT2D eigenvalue weighted by Crippen LogP contribution is -2.46. The average Bonchev–Trinajstić information content (AvgIpc) is 2.48. The second-order valence-corrected chi connectivity index (χ2v) is 5.61. The molecule has 3 rings (SSSR count). The van der Waals surface area contributed by atoms with Crippen molar-refractivity contribution in [2.75, 3.05) is 11.4 Å². The highest BCUT2D eigenvalue weighted by Crippen LogP contribution is 2.30. The first-order valence-electron chi connectivity index (χ1n) is 6.70. The number of phenols is 1. The topological polar surface area (TPSA) is 66.6 Å². The Bertz CT molecular complexity index is 702. The first-order valence-corrected chi connectivity index (χ1v) is 7.08. The molecule has 1 aliphatic rings. The van der Waals surface area contributed by atoms with Gasteiger partial charge < -0.3 is 15.7 Å². The van der Waals surface area contributed by atoms with Crippen molar-refractivity contribution in [2.45, 2.75) is 12.5 Å². The van der Waals surface area contributed by atoms with Crippen molar-refractivity contribution >= 4 is 23.2 Å². The van der Waals surface area contributed by atoms with Gasteiger partial charge in [-0.05, 0) is 36.2 Å². The molecule has 108 valence electrons. The molecule has 4 nitrogen and oxygen atoms in total. The Morgan fingerprint density at radius 3 is 2.86 bits per heavy atom. The Morgan fingerprint density at radius 1 is 1.29 bits per heavy atom. The maximum Gasteiger partial charge on any atom is 0.262 e. The van der Waals surface area contributed by atoms with Gasteiger partial charge in [-0.15, -0.1) is 0 Å². The summed E-state index contributed by atoms with van der Waals surface area (Å²) in [6.07, 6.45) is 0.738. The first-order chi connectivity index (χ1) is 10.1. The number of hydrogen-bond donors (Lipinski definition) is 2. The first kappa shape index (κ1) is 13.9. The standard InChI is InChI=1S/C16H15ClN2O2/c17-11-5-6-15(20)13(8-11)16(21)19-9-12(18)7-10-3-1-2-4-14(10)19/h1-6,8,12,20H,7,9,18H2. The van der Waals surface area contributed by atoms with Crippen molar-refractivity contribution < 1.29 is 9.90 Å². The number of carbonyl (C=O) groups is 1. The Balaban J connectivity index is 2.04. The number of anilines is 1. The Labute approximate surface area is 127 Å². The van der Waals surface area contributed by atoms with Crippen LogP contribution in [0, 0.1) is 0 Å². The zero-order chi connectivity index (χ0) is 15.0. The molecule has 0 aromatic heterocycles. The predicted octanol–water partition coefficient (Wildman–Crippen LogP) is 2.58. The van der Waals surface area contributed by atoms with E-state index in [9.17, 15) is 9.90 Å². The van der Waals surface area contributed by atoms with Crippen LogP contribution >= 0.6 is 11.6 Å². The zero-order valence-corrected chi connectivity index (χ0v) is 12.0. The van der Waals surface area contributed by atoms with Crippen LogP contribution in [-0.2, 0) is 6.42 Å². The van der Waals surface area contributed by atoms with Gasteiger partial charge in [-0.3, -0.25) is 4.79 Å². The number of nitrogens with zero attached hydrogens (tertiary/aromatic N) is 1. The Hall–Kier alpha value is -2.04. The van der Waals surface area contributed by atoms with Crippen molar-refractivity contribution in [3.8, 4) is 5.75 Å². The van der Waals surface area contributed by atoms with Gasteiger partial charge in [-0.1, -0.05) is 29.8 Å². The minimum absolute atomic E-state index is 0.0824. The maximum atomic E-state index is 12.7. The molecule has 5 heteroatoms. The molecule has 2 aromatic rings. The molecule has 3 N–H and O–H groups in total. The van der Waals surface area contributed by atoms with Crippen molar-refractivity contribution in [3.63, 3.8) is 0 Å². The summed E-state index contributed by atoms with van der Waals surface area (Å²) in [4.78, 5) is 14.3. The second-order valence-electron chi connectivity index (χ2n) is 5.17. The molecule has 0 fully saturated rings. The highest BCUT2D eigenvalue weighted by atomic mass is 35.5. The van der Waals surface area contributed by atoms with Crippen molar-refractivity contribution in [2.24, 2.45) is 5.73 Å². The summed E-state index contributed by atoms with van der Waals surface area (Å²) in [7, 11) is 0. The number of nitrogens with two attached hydrogens (primary N) is 1. The average molecular weight is 303 g/mol. The molecule has 1 unspecified atom stereocenters. The van der Waals surface area contributed by atoms with Crippen LogP contribution in [0.3, 0.4) is 0 Å². The van der Waals surface area contributed by atoms with Crippen molar-refractivity contribution in [1.29, 1.82) is 0 Å². The van der Waals surface area contributed by atoms with Gasteiger partial charge in [0.15, 0.2) is 0 Å². The predicted molar refractivity (Wildman–Crippen MR) is 82.9 cm³/mol. The van der Waals surface area contributed by atoms with Crippen LogP contribution in [0.4, 0.5) is 5.69 Å².